The molecule has 6 heteroatoms. The fourth-order valence-corrected chi connectivity index (χ4v) is 1.39. The predicted octanol–water partition coefficient (Wildman–Crippen LogP) is 0.216. The van der Waals surface area contributed by atoms with Crippen LogP contribution in [0.5, 0.6) is 0 Å². The van der Waals surface area contributed by atoms with Crippen molar-refractivity contribution in [3.05, 3.63) is 0 Å². The van der Waals surface area contributed by atoms with Crippen LogP contribution in [0, 0.1) is 0 Å². The highest BCUT2D eigenvalue weighted by molar-refractivity contribution is 14.1. The van der Waals surface area contributed by atoms with Gasteiger partial charge < -0.3 is 19.5 Å². The maximum atomic E-state index is 11.0. The fraction of sp³-hybridized carbons (Fsp3) is 0.889. The van der Waals surface area contributed by atoms with Crippen molar-refractivity contribution in [2.45, 2.75) is 3.92 Å². The molecule has 0 aromatic heterocycles. The third kappa shape index (κ3) is 9.04. The van der Waals surface area contributed by atoms with Crippen LogP contribution in [0.4, 0.5) is 0 Å². The molecule has 0 radical (unpaired) electrons. The Hall–Kier alpha value is 0.0800. The summed E-state index contributed by atoms with van der Waals surface area (Å²) in [5.41, 5.74) is 0. The lowest BCUT2D eigenvalue weighted by molar-refractivity contribution is -0.139. The van der Waals surface area contributed by atoms with E-state index in [2.05, 4.69) is 10.1 Å². The fourth-order valence-electron chi connectivity index (χ4n) is 0.829. The van der Waals surface area contributed by atoms with Gasteiger partial charge in [0.15, 0.2) is 0 Å². The molecule has 0 saturated carbocycles. The van der Waals surface area contributed by atoms with Gasteiger partial charge >= 0.3 is 5.97 Å². The summed E-state index contributed by atoms with van der Waals surface area (Å²) >= 11 is 2.04. The molecule has 90 valence electrons. The molecule has 0 aliphatic rings. The van der Waals surface area contributed by atoms with Gasteiger partial charge in [0.1, 0.15) is 3.92 Å². The Morgan fingerprint density at radius 1 is 1.33 bits per heavy atom. The molecule has 0 spiro atoms. The lowest BCUT2D eigenvalue weighted by Gasteiger charge is -2.09. The van der Waals surface area contributed by atoms with E-state index in [-0.39, 0.29) is 9.89 Å². The molecule has 0 fully saturated rings. The number of carbonyl (C=O) groups excluding carboxylic acids is 1. The summed E-state index contributed by atoms with van der Waals surface area (Å²) in [7, 11) is 3.03. The zero-order chi connectivity index (χ0) is 11.5. The third-order valence-corrected chi connectivity index (χ3v) is 2.58. The van der Waals surface area contributed by atoms with Crippen LogP contribution in [-0.4, -0.2) is 57.0 Å². The smallest absolute Gasteiger partial charge is 0.319 e. The molecular weight excluding hydrogens is 313 g/mol. The Morgan fingerprint density at radius 3 is 2.67 bits per heavy atom. The van der Waals surface area contributed by atoms with Crippen LogP contribution in [0.15, 0.2) is 0 Å². The number of ether oxygens (including phenoxy) is 3. The van der Waals surface area contributed by atoms with Crippen molar-refractivity contribution in [3.8, 4) is 0 Å². The normalized spacial score (nSPS) is 12.5. The van der Waals surface area contributed by atoms with Crippen LogP contribution in [0.1, 0.15) is 0 Å². The second kappa shape index (κ2) is 10.6. The first kappa shape index (κ1) is 15.1. The number of nitrogens with one attached hydrogen (secondary N) is 1. The highest BCUT2D eigenvalue weighted by Gasteiger charge is 2.13. The summed E-state index contributed by atoms with van der Waals surface area (Å²) in [5, 5.41) is 3.10. The number of hydrogen-bond donors (Lipinski definition) is 1. The zero-order valence-corrected chi connectivity index (χ0v) is 11.3. The van der Waals surface area contributed by atoms with Crippen LogP contribution in [0.2, 0.25) is 0 Å². The molecule has 0 saturated heterocycles. The summed E-state index contributed by atoms with van der Waals surface area (Å²) < 4.78 is 14.5. The number of esters is 1. The molecule has 0 aromatic rings. The Kier molecular flexibility index (Phi) is 10.6. The molecule has 0 amide bonds. The lowest BCUT2D eigenvalue weighted by atomic mass is 10.4. The van der Waals surface area contributed by atoms with E-state index in [1.165, 1.54) is 7.11 Å². The maximum Gasteiger partial charge on any atom is 0.319 e. The summed E-state index contributed by atoms with van der Waals surface area (Å²) in [6.07, 6.45) is 0. The van der Waals surface area contributed by atoms with E-state index in [0.29, 0.717) is 26.4 Å². The van der Waals surface area contributed by atoms with Gasteiger partial charge in [0.25, 0.3) is 0 Å². The van der Waals surface area contributed by atoms with Gasteiger partial charge in [-0.05, 0) is 0 Å². The Labute approximate surface area is 104 Å². The van der Waals surface area contributed by atoms with Gasteiger partial charge in [-0.15, -0.1) is 0 Å². The monoisotopic (exact) mass is 331 g/mol. The first-order valence-electron chi connectivity index (χ1n) is 4.71. The molecule has 15 heavy (non-hydrogen) atoms. The van der Waals surface area contributed by atoms with Crippen molar-refractivity contribution in [3.63, 3.8) is 0 Å². The van der Waals surface area contributed by atoms with E-state index in [9.17, 15) is 4.79 Å². The zero-order valence-electron chi connectivity index (χ0n) is 9.12. The number of carbonyl (C=O) groups is 1. The lowest BCUT2D eigenvalue weighted by Crippen LogP contribution is -2.31. The van der Waals surface area contributed by atoms with Gasteiger partial charge in [0.05, 0.1) is 26.9 Å². The van der Waals surface area contributed by atoms with Crippen molar-refractivity contribution in [2.24, 2.45) is 0 Å². The van der Waals surface area contributed by atoms with E-state index >= 15 is 0 Å². The van der Waals surface area contributed by atoms with E-state index in [4.69, 9.17) is 9.47 Å². The molecule has 1 N–H and O–H groups in total. The topological polar surface area (TPSA) is 56.8 Å². The van der Waals surface area contributed by atoms with Crippen LogP contribution in [-0.2, 0) is 19.0 Å². The minimum absolute atomic E-state index is 0.147. The van der Waals surface area contributed by atoms with Crippen LogP contribution in [0.25, 0.3) is 0 Å². The first-order valence-corrected chi connectivity index (χ1v) is 5.96. The Morgan fingerprint density at radius 2 is 2.07 bits per heavy atom. The average molecular weight is 331 g/mol. The highest BCUT2D eigenvalue weighted by Crippen LogP contribution is 2.00. The number of methoxy groups -OCH3 is 2. The molecule has 1 atom stereocenters. The molecular formula is C9H18INO4. The van der Waals surface area contributed by atoms with Crippen LogP contribution in [0.3, 0.4) is 0 Å². The van der Waals surface area contributed by atoms with Crippen LogP contribution < -0.4 is 5.32 Å². The van der Waals surface area contributed by atoms with Crippen molar-refractivity contribution in [1.82, 2.24) is 5.32 Å². The van der Waals surface area contributed by atoms with Gasteiger partial charge in [0.2, 0.25) is 0 Å². The van der Waals surface area contributed by atoms with E-state index in [0.717, 1.165) is 6.54 Å². The van der Waals surface area contributed by atoms with E-state index in [1.54, 1.807) is 7.11 Å². The summed E-state index contributed by atoms with van der Waals surface area (Å²) in [6.45, 7) is 3.15. The summed E-state index contributed by atoms with van der Waals surface area (Å²) in [4.78, 5) is 11.0. The summed E-state index contributed by atoms with van der Waals surface area (Å²) in [5.74, 6) is -0.205. The minimum atomic E-state index is -0.205. The third-order valence-electron chi connectivity index (χ3n) is 1.64. The van der Waals surface area contributed by atoms with Gasteiger partial charge in [-0.3, -0.25) is 4.79 Å². The SMILES string of the molecule is COCCOCCNCC(I)C(=O)OC. The van der Waals surface area contributed by atoms with Crippen molar-refractivity contribution in [2.75, 3.05) is 47.1 Å². The predicted molar refractivity (Wildman–Crippen MR) is 65.4 cm³/mol. The number of halogens is 1. The van der Waals surface area contributed by atoms with E-state index in [1.807, 2.05) is 22.6 Å². The molecule has 0 aliphatic heterocycles. The van der Waals surface area contributed by atoms with Gasteiger partial charge in [-0.1, -0.05) is 22.6 Å². The van der Waals surface area contributed by atoms with Crippen molar-refractivity contribution >= 4 is 28.6 Å². The number of hydrogen-bond acceptors (Lipinski definition) is 5. The number of alkyl halides is 1. The molecule has 1 unspecified atom stereocenters. The first-order chi connectivity index (χ1) is 7.22. The highest BCUT2D eigenvalue weighted by atomic mass is 127. The van der Waals surface area contributed by atoms with Gasteiger partial charge in [-0.25, -0.2) is 0 Å². The Balaban J connectivity index is 3.20. The molecule has 0 bridgehead atoms. The van der Waals surface area contributed by atoms with Crippen molar-refractivity contribution in [1.29, 1.82) is 0 Å². The second-order valence-electron chi connectivity index (χ2n) is 2.80. The minimum Gasteiger partial charge on any atom is -0.468 e. The maximum absolute atomic E-state index is 11.0. The molecule has 0 aliphatic carbocycles. The number of rotatable bonds is 9. The van der Waals surface area contributed by atoms with Gasteiger partial charge in [-0.2, -0.15) is 0 Å². The molecule has 0 rings (SSSR count). The molecule has 0 aromatic carbocycles. The standard InChI is InChI=1S/C9H18INO4/c1-13-5-6-15-4-3-11-7-8(10)9(12)14-2/h8,11H,3-7H2,1-2H3. The van der Waals surface area contributed by atoms with Gasteiger partial charge in [0, 0.05) is 20.2 Å². The van der Waals surface area contributed by atoms with Crippen LogP contribution >= 0.6 is 22.6 Å². The Bertz CT molecular complexity index is 168. The summed E-state index contributed by atoms with van der Waals surface area (Å²) in [6, 6.07) is 0. The molecule has 5 nitrogen and oxygen atoms in total. The second-order valence-corrected chi connectivity index (χ2v) is 4.30. The largest absolute Gasteiger partial charge is 0.468 e. The quantitative estimate of drug-likeness (QED) is 0.283. The van der Waals surface area contributed by atoms with E-state index < -0.39 is 0 Å². The molecule has 0 heterocycles. The average Bonchev–Trinajstić information content (AvgIpc) is 2.26. The van der Waals surface area contributed by atoms with Crippen molar-refractivity contribution < 1.29 is 19.0 Å².